The maximum Gasteiger partial charge on any atom is 0.239 e. The van der Waals surface area contributed by atoms with Gasteiger partial charge in [-0.15, -0.1) is 0 Å². The van der Waals surface area contributed by atoms with Crippen molar-refractivity contribution in [1.29, 1.82) is 0 Å². The molecule has 2 amide bonds. The number of nitrogens with one attached hydrogen (secondary N) is 2. The van der Waals surface area contributed by atoms with Crippen LogP contribution >= 0.6 is 0 Å². The summed E-state index contributed by atoms with van der Waals surface area (Å²) in [6, 6.07) is 0. The zero-order valence-electron chi connectivity index (χ0n) is 6.89. The average Bonchev–Trinajstić information content (AvgIpc) is 1.97. The van der Waals surface area contributed by atoms with Gasteiger partial charge in [0, 0.05) is 6.54 Å². The van der Waals surface area contributed by atoms with Crippen LogP contribution in [0.15, 0.2) is 0 Å². The van der Waals surface area contributed by atoms with Gasteiger partial charge >= 0.3 is 0 Å². The van der Waals surface area contributed by atoms with Crippen molar-refractivity contribution in [3.8, 4) is 0 Å². The Morgan fingerprint density at radius 3 is 2.64 bits per heavy atom. The van der Waals surface area contributed by atoms with Crippen molar-refractivity contribution in [2.75, 3.05) is 13.1 Å². The van der Waals surface area contributed by atoms with E-state index in [9.17, 15) is 9.59 Å². The molecule has 0 rings (SSSR count). The van der Waals surface area contributed by atoms with E-state index in [1.165, 1.54) is 0 Å². The van der Waals surface area contributed by atoms with Gasteiger partial charge in [-0.1, -0.05) is 13.8 Å². The highest BCUT2D eigenvalue weighted by Gasteiger charge is 1.99. The van der Waals surface area contributed by atoms with E-state index in [4.69, 9.17) is 0 Å². The van der Waals surface area contributed by atoms with Gasteiger partial charge in [0.25, 0.3) is 0 Å². The Morgan fingerprint density at radius 1 is 1.55 bits per heavy atom. The molecule has 0 aromatic rings. The van der Waals surface area contributed by atoms with E-state index in [1.54, 1.807) is 0 Å². The molecule has 0 atom stereocenters. The molecule has 0 radical (unpaired) electrons. The summed E-state index contributed by atoms with van der Waals surface area (Å²) in [5.41, 5.74) is 0. The summed E-state index contributed by atoms with van der Waals surface area (Å²) in [7, 11) is 0. The molecular weight excluding hydrogens is 144 g/mol. The molecule has 0 bridgehead atoms. The van der Waals surface area contributed by atoms with Gasteiger partial charge in [0.15, 0.2) is 0 Å². The Labute approximate surface area is 66.4 Å². The van der Waals surface area contributed by atoms with Crippen LogP contribution in [0.5, 0.6) is 0 Å². The predicted molar refractivity (Wildman–Crippen MR) is 41.9 cm³/mol. The van der Waals surface area contributed by atoms with E-state index in [1.807, 2.05) is 13.8 Å². The summed E-state index contributed by atoms with van der Waals surface area (Å²) >= 11 is 0. The van der Waals surface area contributed by atoms with Crippen LogP contribution in [0.4, 0.5) is 0 Å². The van der Waals surface area contributed by atoms with E-state index < -0.39 is 0 Å². The minimum atomic E-state index is -0.147. The summed E-state index contributed by atoms with van der Waals surface area (Å²) < 4.78 is 0. The van der Waals surface area contributed by atoms with E-state index >= 15 is 0 Å². The van der Waals surface area contributed by atoms with Crippen LogP contribution in [0, 0.1) is 5.92 Å². The minimum absolute atomic E-state index is 0.0657. The van der Waals surface area contributed by atoms with E-state index in [-0.39, 0.29) is 12.5 Å². The van der Waals surface area contributed by atoms with Crippen LogP contribution in [0.3, 0.4) is 0 Å². The zero-order chi connectivity index (χ0) is 8.69. The van der Waals surface area contributed by atoms with Gasteiger partial charge in [-0.25, -0.2) is 0 Å². The highest BCUT2D eigenvalue weighted by atomic mass is 16.2. The van der Waals surface area contributed by atoms with Crippen LogP contribution in [0.25, 0.3) is 0 Å². The summed E-state index contributed by atoms with van der Waals surface area (Å²) in [5.74, 6) is 0.293. The summed E-state index contributed by atoms with van der Waals surface area (Å²) in [4.78, 5) is 20.5. The minimum Gasteiger partial charge on any atom is -0.354 e. The molecule has 11 heavy (non-hydrogen) atoms. The number of amides is 2. The number of carbonyl (C=O) groups is 2. The van der Waals surface area contributed by atoms with Crippen molar-refractivity contribution in [2.24, 2.45) is 5.92 Å². The molecule has 2 N–H and O–H groups in total. The third-order valence-electron chi connectivity index (χ3n) is 1.05. The third kappa shape index (κ3) is 6.83. The van der Waals surface area contributed by atoms with Crippen LogP contribution in [0.2, 0.25) is 0 Å². The third-order valence-corrected chi connectivity index (χ3v) is 1.05. The largest absolute Gasteiger partial charge is 0.354 e. The smallest absolute Gasteiger partial charge is 0.239 e. The molecule has 0 saturated heterocycles. The molecule has 4 nitrogen and oxygen atoms in total. The van der Waals surface area contributed by atoms with Crippen molar-refractivity contribution in [3.05, 3.63) is 0 Å². The first kappa shape index (κ1) is 9.94. The van der Waals surface area contributed by atoms with Crippen LogP contribution in [-0.4, -0.2) is 25.4 Å². The van der Waals surface area contributed by atoms with Crippen LogP contribution < -0.4 is 10.6 Å². The molecule has 0 aliphatic heterocycles. The van der Waals surface area contributed by atoms with Crippen molar-refractivity contribution in [2.45, 2.75) is 13.8 Å². The van der Waals surface area contributed by atoms with Gasteiger partial charge in [0.2, 0.25) is 12.3 Å². The lowest BCUT2D eigenvalue weighted by atomic mass is 10.2. The number of hydrogen-bond donors (Lipinski definition) is 2. The predicted octanol–water partition coefficient (Wildman–Crippen LogP) is -0.495. The lowest BCUT2D eigenvalue weighted by Gasteiger charge is -2.06. The van der Waals surface area contributed by atoms with Crippen molar-refractivity contribution in [3.63, 3.8) is 0 Å². The normalized spacial score (nSPS) is 9.36. The van der Waals surface area contributed by atoms with Gasteiger partial charge in [0.05, 0.1) is 6.54 Å². The molecule has 0 fully saturated rings. The fourth-order valence-corrected chi connectivity index (χ4v) is 0.515. The molecule has 0 aliphatic carbocycles. The first-order chi connectivity index (χ1) is 5.16. The summed E-state index contributed by atoms with van der Waals surface area (Å²) in [5, 5.41) is 4.94. The second-order valence-electron chi connectivity index (χ2n) is 2.70. The van der Waals surface area contributed by atoms with Gasteiger partial charge < -0.3 is 10.6 Å². The first-order valence-corrected chi connectivity index (χ1v) is 3.60. The summed E-state index contributed by atoms with van der Waals surface area (Å²) in [6.45, 7) is 4.73. The van der Waals surface area contributed by atoms with Crippen LogP contribution in [0.1, 0.15) is 13.8 Å². The quantitative estimate of drug-likeness (QED) is 0.530. The van der Waals surface area contributed by atoms with E-state index in [0.29, 0.717) is 18.9 Å². The molecule has 0 saturated carbocycles. The molecule has 64 valence electrons. The van der Waals surface area contributed by atoms with E-state index in [0.717, 1.165) is 0 Å². The van der Waals surface area contributed by atoms with Crippen molar-refractivity contribution >= 4 is 12.3 Å². The Bertz CT molecular complexity index is 134. The monoisotopic (exact) mass is 158 g/mol. The van der Waals surface area contributed by atoms with Crippen LogP contribution in [-0.2, 0) is 9.59 Å². The molecule has 0 spiro atoms. The lowest BCUT2D eigenvalue weighted by Crippen LogP contribution is -2.35. The van der Waals surface area contributed by atoms with Gasteiger partial charge in [-0.3, -0.25) is 9.59 Å². The number of rotatable bonds is 5. The molecule has 0 aromatic heterocycles. The molecular formula is C7H14N2O2. The number of hydrogen-bond acceptors (Lipinski definition) is 2. The number of carbonyl (C=O) groups excluding carboxylic acids is 2. The molecule has 0 aromatic carbocycles. The highest BCUT2D eigenvalue weighted by molar-refractivity contribution is 5.79. The topological polar surface area (TPSA) is 58.2 Å². The summed E-state index contributed by atoms with van der Waals surface area (Å²) in [6.07, 6.45) is 0.509. The van der Waals surface area contributed by atoms with Gasteiger partial charge in [-0.2, -0.15) is 0 Å². The van der Waals surface area contributed by atoms with Crippen molar-refractivity contribution < 1.29 is 9.59 Å². The fourth-order valence-electron chi connectivity index (χ4n) is 0.515. The fraction of sp³-hybridized carbons (Fsp3) is 0.714. The molecule has 0 heterocycles. The van der Waals surface area contributed by atoms with Crippen molar-refractivity contribution in [1.82, 2.24) is 10.6 Å². The van der Waals surface area contributed by atoms with E-state index in [2.05, 4.69) is 10.6 Å². The standard InChI is InChI=1S/C7H14N2O2/c1-6(2)3-9-7(11)4-8-5-10/h5-6H,3-4H2,1-2H3,(H,8,10)(H,9,11). The second kappa shape index (κ2) is 5.70. The highest BCUT2D eigenvalue weighted by Crippen LogP contribution is 1.85. The first-order valence-electron chi connectivity index (χ1n) is 3.60. The SMILES string of the molecule is CC(C)CNC(=O)CNC=O. The van der Waals surface area contributed by atoms with Gasteiger partial charge in [-0.05, 0) is 5.92 Å². The molecule has 4 heteroatoms. The Hall–Kier alpha value is -1.06. The maximum atomic E-state index is 10.8. The lowest BCUT2D eigenvalue weighted by molar-refractivity contribution is -0.122. The van der Waals surface area contributed by atoms with Gasteiger partial charge in [0.1, 0.15) is 0 Å². The Morgan fingerprint density at radius 2 is 2.18 bits per heavy atom. The maximum absolute atomic E-state index is 10.8. The zero-order valence-corrected chi connectivity index (χ0v) is 6.89. The average molecular weight is 158 g/mol. The Kier molecular flexibility index (Phi) is 5.15. The molecule has 0 aliphatic rings. The second-order valence-corrected chi connectivity index (χ2v) is 2.70. The molecule has 0 unspecified atom stereocenters. The Balaban J connectivity index is 3.29.